The summed E-state index contributed by atoms with van der Waals surface area (Å²) in [6, 6.07) is 8.14. The Morgan fingerprint density at radius 1 is 1.25 bits per heavy atom. The molecule has 0 amide bonds. The van der Waals surface area contributed by atoms with E-state index in [4.69, 9.17) is 10.5 Å². The number of nitrogens with zero attached hydrogens (tertiary/aromatic N) is 1. The summed E-state index contributed by atoms with van der Waals surface area (Å²) < 4.78 is 6.42. The largest absolute Gasteiger partial charge is 0.397 e. The smallest absolute Gasteiger partial charge is 0.0758 e. The third kappa shape index (κ3) is 2.64. The second kappa shape index (κ2) is 5.65. The van der Waals surface area contributed by atoms with Crippen LogP contribution in [0.5, 0.6) is 0 Å². The molecule has 1 aromatic carbocycles. The van der Waals surface area contributed by atoms with Gasteiger partial charge in [-0.05, 0) is 44.7 Å². The van der Waals surface area contributed by atoms with Gasteiger partial charge in [0, 0.05) is 13.1 Å². The highest BCUT2D eigenvalue weighted by Gasteiger charge is 2.42. The number of likely N-dealkylation sites (N-methyl/N-ethyl adjacent to an activating group) is 1. The molecule has 1 heterocycles. The lowest BCUT2D eigenvalue weighted by molar-refractivity contribution is -0.0327. The number of hydrogen-bond donors (Lipinski definition) is 1. The molecule has 2 aliphatic rings. The topological polar surface area (TPSA) is 38.5 Å². The van der Waals surface area contributed by atoms with Crippen LogP contribution in [0.25, 0.3) is 0 Å². The van der Waals surface area contributed by atoms with Gasteiger partial charge in [0.25, 0.3) is 0 Å². The standard InChI is InChI=1S/C17H26N2O/c1-2-19(16-8-4-3-7-15(16)18)13-14-9-12-17(20-14)10-5-6-11-17/h3-4,7-8,14H,2,5-6,9-13,18H2,1H3. The molecule has 0 bridgehead atoms. The van der Waals surface area contributed by atoms with Gasteiger partial charge in [-0.1, -0.05) is 25.0 Å². The summed E-state index contributed by atoms with van der Waals surface area (Å²) in [5.74, 6) is 0. The summed E-state index contributed by atoms with van der Waals surface area (Å²) >= 11 is 0. The SMILES string of the molecule is CCN(CC1CCC2(CCCC2)O1)c1ccccc1N. The molecule has 1 atom stereocenters. The lowest BCUT2D eigenvalue weighted by Crippen LogP contribution is -2.35. The average Bonchev–Trinajstić information content (AvgIpc) is 3.08. The lowest BCUT2D eigenvalue weighted by Gasteiger charge is -2.29. The number of nitrogen functional groups attached to an aromatic ring is 1. The van der Waals surface area contributed by atoms with Crippen molar-refractivity contribution in [3.05, 3.63) is 24.3 Å². The summed E-state index contributed by atoms with van der Waals surface area (Å²) in [6.45, 7) is 4.13. The van der Waals surface area contributed by atoms with E-state index in [0.29, 0.717) is 6.10 Å². The van der Waals surface area contributed by atoms with Gasteiger partial charge in [-0.15, -0.1) is 0 Å². The molecule has 1 saturated heterocycles. The van der Waals surface area contributed by atoms with Crippen LogP contribution >= 0.6 is 0 Å². The number of rotatable bonds is 4. The molecule has 1 aromatic rings. The predicted molar refractivity (Wildman–Crippen MR) is 84.0 cm³/mol. The molecule has 1 aliphatic heterocycles. The Morgan fingerprint density at radius 3 is 2.70 bits per heavy atom. The van der Waals surface area contributed by atoms with Crippen LogP contribution in [0.15, 0.2) is 24.3 Å². The maximum atomic E-state index is 6.42. The Bertz CT molecular complexity index is 454. The molecule has 0 aromatic heterocycles. The monoisotopic (exact) mass is 274 g/mol. The zero-order valence-electron chi connectivity index (χ0n) is 12.5. The average molecular weight is 274 g/mol. The van der Waals surface area contributed by atoms with Gasteiger partial charge in [0.2, 0.25) is 0 Å². The molecule has 2 fully saturated rings. The van der Waals surface area contributed by atoms with E-state index in [0.717, 1.165) is 24.5 Å². The van der Waals surface area contributed by atoms with E-state index in [1.165, 1.54) is 38.5 Å². The van der Waals surface area contributed by atoms with Crippen molar-refractivity contribution >= 4 is 11.4 Å². The third-order valence-corrected chi connectivity index (χ3v) is 4.94. The molecule has 0 radical (unpaired) electrons. The Hall–Kier alpha value is -1.22. The summed E-state index contributed by atoms with van der Waals surface area (Å²) in [5.41, 5.74) is 8.34. The van der Waals surface area contributed by atoms with E-state index < -0.39 is 0 Å². The molecule has 3 nitrogen and oxygen atoms in total. The molecule has 110 valence electrons. The first-order chi connectivity index (χ1) is 9.72. The first-order valence-corrected chi connectivity index (χ1v) is 8.00. The number of anilines is 2. The molecule has 2 N–H and O–H groups in total. The van der Waals surface area contributed by atoms with Crippen LogP contribution in [0.4, 0.5) is 11.4 Å². The van der Waals surface area contributed by atoms with Crippen molar-refractivity contribution in [1.82, 2.24) is 0 Å². The molecular formula is C17H26N2O. The highest BCUT2D eigenvalue weighted by Crippen LogP contribution is 2.43. The second-order valence-corrected chi connectivity index (χ2v) is 6.27. The molecule has 1 aliphatic carbocycles. The lowest BCUT2D eigenvalue weighted by atomic mass is 9.98. The molecular weight excluding hydrogens is 248 g/mol. The van der Waals surface area contributed by atoms with Crippen LogP contribution < -0.4 is 10.6 Å². The predicted octanol–water partition coefficient (Wildman–Crippen LogP) is 3.59. The van der Waals surface area contributed by atoms with Gasteiger partial charge in [0.05, 0.1) is 23.1 Å². The van der Waals surface area contributed by atoms with Gasteiger partial charge in [0.1, 0.15) is 0 Å². The normalized spacial score (nSPS) is 24.4. The van der Waals surface area contributed by atoms with Crippen LogP contribution in [-0.2, 0) is 4.74 Å². The fourth-order valence-corrected chi connectivity index (χ4v) is 3.83. The van der Waals surface area contributed by atoms with Gasteiger partial charge in [-0.25, -0.2) is 0 Å². The van der Waals surface area contributed by atoms with Gasteiger partial charge >= 0.3 is 0 Å². The van der Waals surface area contributed by atoms with Crippen molar-refractivity contribution < 1.29 is 4.74 Å². The van der Waals surface area contributed by atoms with Crippen molar-refractivity contribution in [1.29, 1.82) is 0 Å². The van der Waals surface area contributed by atoms with Crippen molar-refractivity contribution in [3.63, 3.8) is 0 Å². The number of hydrogen-bond acceptors (Lipinski definition) is 3. The van der Waals surface area contributed by atoms with Crippen molar-refractivity contribution in [3.8, 4) is 0 Å². The number of ether oxygens (including phenoxy) is 1. The van der Waals surface area contributed by atoms with E-state index >= 15 is 0 Å². The van der Waals surface area contributed by atoms with Crippen LogP contribution in [0.2, 0.25) is 0 Å². The van der Waals surface area contributed by atoms with Crippen molar-refractivity contribution in [2.24, 2.45) is 0 Å². The van der Waals surface area contributed by atoms with Gasteiger partial charge < -0.3 is 15.4 Å². The van der Waals surface area contributed by atoms with E-state index in [9.17, 15) is 0 Å². The van der Waals surface area contributed by atoms with E-state index in [1.807, 2.05) is 12.1 Å². The molecule has 1 unspecified atom stereocenters. The van der Waals surface area contributed by atoms with E-state index in [-0.39, 0.29) is 5.60 Å². The second-order valence-electron chi connectivity index (χ2n) is 6.27. The Labute approximate surface area is 122 Å². The molecule has 3 rings (SSSR count). The fourth-order valence-electron chi connectivity index (χ4n) is 3.83. The minimum Gasteiger partial charge on any atom is -0.397 e. The van der Waals surface area contributed by atoms with Gasteiger partial charge in [0.15, 0.2) is 0 Å². The Kier molecular flexibility index (Phi) is 3.88. The summed E-state index contributed by atoms with van der Waals surface area (Å²) in [5, 5.41) is 0. The maximum absolute atomic E-state index is 6.42. The number of benzene rings is 1. The van der Waals surface area contributed by atoms with Crippen LogP contribution in [0.1, 0.15) is 45.4 Å². The first kappa shape index (κ1) is 13.7. The maximum Gasteiger partial charge on any atom is 0.0758 e. The van der Waals surface area contributed by atoms with E-state index in [2.05, 4.69) is 24.0 Å². The van der Waals surface area contributed by atoms with Crippen LogP contribution in [0, 0.1) is 0 Å². The molecule has 3 heteroatoms. The minimum absolute atomic E-state index is 0.228. The Balaban J connectivity index is 1.66. The van der Waals surface area contributed by atoms with Crippen LogP contribution in [-0.4, -0.2) is 24.8 Å². The summed E-state index contributed by atoms with van der Waals surface area (Å²) in [4.78, 5) is 2.36. The highest BCUT2D eigenvalue weighted by atomic mass is 16.5. The third-order valence-electron chi connectivity index (χ3n) is 4.94. The fraction of sp³-hybridized carbons (Fsp3) is 0.647. The highest BCUT2D eigenvalue weighted by molar-refractivity contribution is 5.67. The summed E-state index contributed by atoms with van der Waals surface area (Å²) in [7, 11) is 0. The first-order valence-electron chi connectivity index (χ1n) is 8.00. The zero-order chi connectivity index (χ0) is 14.0. The molecule has 20 heavy (non-hydrogen) atoms. The van der Waals surface area contributed by atoms with Crippen molar-refractivity contribution in [2.75, 3.05) is 23.7 Å². The van der Waals surface area contributed by atoms with Gasteiger partial charge in [-0.2, -0.15) is 0 Å². The minimum atomic E-state index is 0.228. The number of nitrogens with two attached hydrogens (primary N) is 1. The zero-order valence-corrected chi connectivity index (χ0v) is 12.5. The summed E-state index contributed by atoms with van der Waals surface area (Å²) in [6.07, 6.45) is 8.04. The Morgan fingerprint density at radius 2 is 2.00 bits per heavy atom. The van der Waals surface area contributed by atoms with E-state index in [1.54, 1.807) is 0 Å². The molecule has 1 saturated carbocycles. The van der Waals surface area contributed by atoms with Gasteiger partial charge in [-0.3, -0.25) is 0 Å². The number of para-hydroxylation sites is 2. The van der Waals surface area contributed by atoms with Crippen LogP contribution in [0.3, 0.4) is 0 Å². The molecule has 1 spiro atoms. The van der Waals surface area contributed by atoms with Crippen molar-refractivity contribution in [2.45, 2.75) is 57.2 Å². The quantitative estimate of drug-likeness (QED) is 0.853.